The van der Waals surface area contributed by atoms with E-state index < -0.39 is 6.10 Å². The third-order valence-corrected chi connectivity index (χ3v) is 4.59. The molecule has 4 nitrogen and oxygen atoms in total. The Balaban J connectivity index is 1.85. The molecule has 0 aliphatic carbocycles. The van der Waals surface area contributed by atoms with Gasteiger partial charge in [-0.3, -0.25) is 0 Å². The quantitative estimate of drug-likeness (QED) is 0.760. The zero-order valence-corrected chi connectivity index (χ0v) is 14.9. The Labute approximate surface area is 140 Å². The lowest BCUT2D eigenvalue weighted by molar-refractivity contribution is -0.911. The number of hydrogen-bond donors (Lipinski definition) is 3. The lowest BCUT2D eigenvalue weighted by Gasteiger charge is -2.28. The fraction of sp³-hybridized carbons (Fsp3) is 0.684. The fourth-order valence-corrected chi connectivity index (χ4v) is 3.17. The molecule has 130 valence electrons. The topological polar surface area (TPSA) is 54.1 Å². The maximum atomic E-state index is 10.2. The molecular formula is C19H32NO3+. The molecule has 0 radical (unpaired) electrons. The summed E-state index contributed by atoms with van der Waals surface area (Å²) in [5, 5.41) is 19.9. The van der Waals surface area contributed by atoms with Crippen LogP contribution in [0.2, 0.25) is 0 Å². The molecule has 1 aliphatic heterocycles. The van der Waals surface area contributed by atoms with Crippen molar-refractivity contribution in [2.24, 2.45) is 0 Å². The second kappa shape index (κ2) is 7.65. The lowest BCUT2D eigenvalue weighted by Crippen LogP contribution is -3.15. The predicted octanol–water partition coefficient (Wildman–Crippen LogP) is 1.07. The molecule has 1 unspecified atom stereocenters. The highest BCUT2D eigenvalue weighted by atomic mass is 16.5. The van der Waals surface area contributed by atoms with E-state index in [2.05, 4.69) is 32.9 Å². The normalized spacial score (nSPS) is 23.6. The molecular weight excluding hydrogens is 290 g/mol. The minimum Gasteiger partial charge on any atom is -0.490 e. The summed E-state index contributed by atoms with van der Waals surface area (Å²) in [6.45, 7) is 11.3. The summed E-state index contributed by atoms with van der Waals surface area (Å²) >= 11 is 0. The van der Waals surface area contributed by atoms with Crippen LogP contribution in [0.3, 0.4) is 0 Å². The van der Waals surface area contributed by atoms with Gasteiger partial charge in [-0.15, -0.1) is 0 Å². The summed E-state index contributed by atoms with van der Waals surface area (Å²) in [5.41, 5.74) is 2.52. The highest BCUT2D eigenvalue weighted by Crippen LogP contribution is 2.27. The van der Waals surface area contributed by atoms with Gasteiger partial charge in [0.1, 0.15) is 37.7 Å². The number of aliphatic hydroxyl groups is 2. The van der Waals surface area contributed by atoms with Gasteiger partial charge in [0.15, 0.2) is 0 Å². The van der Waals surface area contributed by atoms with Crippen molar-refractivity contribution in [2.45, 2.75) is 58.2 Å². The third-order valence-electron chi connectivity index (χ3n) is 4.59. The first kappa shape index (κ1) is 18.2. The largest absolute Gasteiger partial charge is 0.490 e. The van der Waals surface area contributed by atoms with Gasteiger partial charge < -0.3 is 19.8 Å². The molecule has 1 fully saturated rings. The summed E-state index contributed by atoms with van der Waals surface area (Å²) in [4.78, 5) is 1.26. The van der Waals surface area contributed by atoms with Crippen molar-refractivity contribution in [3.05, 3.63) is 29.3 Å². The van der Waals surface area contributed by atoms with Crippen LogP contribution in [0.4, 0.5) is 0 Å². The van der Waals surface area contributed by atoms with E-state index in [-0.39, 0.29) is 11.5 Å². The van der Waals surface area contributed by atoms with Gasteiger partial charge in [0.25, 0.3) is 0 Å². The Bertz CT molecular complexity index is 510. The predicted molar refractivity (Wildman–Crippen MR) is 92.2 cm³/mol. The highest BCUT2D eigenvalue weighted by Gasteiger charge is 2.23. The van der Waals surface area contributed by atoms with Gasteiger partial charge in [-0.2, -0.15) is 0 Å². The van der Waals surface area contributed by atoms with Crippen molar-refractivity contribution in [1.82, 2.24) is 0 Å². The van der Waals surface area contributed by atoms with Crippen molar-refractivity contribution in [3.8, 4) is 5.75 Å². The van der Waals surface area contributed by atoms with E-state index in [1.54, 1.807) is 0 Å². The van der Waals surface area contributed by atoms with Crippen LogP contribution in [0.5, 0.6) is 5.75 Å². The first-order chi connectivity index (χ1) is 10.8. The highest BCUT2D eigenvalue weighted by molar-refractivity contribution is 5.38. The SMILES string of the molecule is Cc1cc(C(C)(C)C)ccc1OC[C@H](O)C[NH+]1CCC[C@H](O)C1. The minimum absolute atomic E-state index is 0.126. The number of benzene rings is 1. The summed E-state index contributed by atoms with van der Waals surface area (Å²) in [7, 11) is 0. The van der Waals surface area contributed by atoms with Gasteiger partial charge in [-0.1, -0.05) is 32.9 Å². The van der Waals surface area contributed by atoms with Crippen molar-refractivity contribution >= 4 is 0 Å². The van der Waals surface area contributed by atoms with Crippen molar-refractivity contribution in [2.75, 3.05) is 26.2 Å². The van der Waals surface area contributed by atoms with Gasteiger partial charge >= 0.3 is 0 Å². The van der Waals surface area contributed by atoms with E-state index >= 15 is 0 Å². The number of aryl methyl sites for hydroxylation is 1. The van der Waals surface area contributed by atoms with Gasteiger partial charge in [-0.25, -0.2) is 0 Å². The molecule has 1 heterocycles. The second-order valence-corrected chi connectivity index (χ2v) is 7.90. The number of ether oxygens (including phenoxy) is 1. The van der Waals surface area contributed by atoms with Crippen molar-refractivity contribution in [1.29, 1.82) is 0 Å². The van der Waals surface area contributed by atoms with Gasteiger partial charge in [0.05, 0.1) is 6.54 Å². The van der Waals surface area contributed by atoms with Crippen molar-refractivity contribution < 1.29 is 19.8 Å². The van der Waals surface area contributed by atoms with Crippen LogP contribution in [0.25, 0.3) is 0 Å². The molecule has 3 atom stereocenters. The van der Waals surface area contributed by atoms with Crippen LogP contribution < -0.4 is 9.64 Å². The molecule has 0 saturated carbocycles. The molecule has 3 N–H and O–H groups in total. The summed E-state index contributed by atoms with van der Waals surface area (Å²) in [5.74, 6) is 0.839. The monoisotopic (exact) mass is 322 g/mol. The molecule has 0 bridgehead atoms. The number of aliphatic hydroxyl groups excluding tert-OH is 2. The lowest BCUT2D eigenvalue weighted by atomic mass is 9.86. The van der Waals surface area contributed by atoms with Gasteiger partial charge in [0, 0.05) is 0 Å². The minimum atomic E-state index is -0.503. The first-order valence-electron chi connectivity index (χ1n) is 8.69. The number of hydrogen-bond acceptors (Lipinski definition) is 3. The number of quaternary nitrogens is 1. The molecule has 0 aromatic heterocycles. The Morgan fingerprint density at radius 3 is 2.70 bits per heavy atom. The van der Waals surface area contributed by atoms with E-state index in [0.29, 0.717) is 13.2 Å². The zero-order valence-electron chi connectivity index (χ0n) is 14.9. The average Bonchev–Trinajstić information content (AvgIpc) is 2.45. The number of piperidine rings is 1. The van der Waals surface area contributed by atoms with E-state index in [1.807, 2.05) is 13.0 Å². The smallest absolute Gasteiger partial charge is 0.137 e. The van der Waals surface area contributed by atoms with Gasteiger partial charge in [0.2, 0.25) is 0 Å². The maximum absolute atomic E-state index is 10.2. The molecule has 1 saturated heterocycles. The van der Waals surface area contributed by atoms with E-state index in [4.69, 9.17) is 4.74 Å². The Morgan fingerprint density at radius 1 is 1.35 bits per heavy atom. The summed E-state index contributed by atoms with van der Waals surface area (Å²) < 4.78 is 5.81. The third kappa shape index (κ3) is 5.48. The van der Waals surface area contributed by atoms with Gasteiger partial charge in [-0.05, 0) is 42.4 Å². The molecule has 1 aromatic rings. The molecule has 1 aromatic carbocycles. The molecule has 1 aliphatic rings. The Morgan fingerprint density at radius 2 is 2.09 bits per heavy atom. The van der Waals surface area contributed by atoms with Crippen LogP contribution >= 0.6 is 0 Å². The molecule has 2 rings (SSSR count). The molecule has 0 amide bonds. The molecule has 4 heteroatoms. The summed E-state index contributed by atoms with van der Waals surface area (Å²) in [6.07, 6.45) is 1.18. The molecule has 23 heavy (non-hydrogen) atoms. The Hall–Kier alpha value is -1.10. The van der Waals surface area contributed by atoms with E-state index in [0.717, 1.165) is 37.2 Å². The number of nitrogens with one attached hydrogen (secondary N) is 1. The van der Waals surface area contributed by atoms with E-state index in [1.165, 1.54) is 10.5 Å². The van der Waals surface area contributed by atoms with Crippen LogP contribution in [-0.4, -0.2) is 48.7 Å². The molecule has 0 spiro atoms. The standard InChI is InChI=1S/C19H31NO3/c1-14-10-15(19(2,3)4)7-8-18(14)23-13-17(22)12-20-9-5-6-16(21)11-20/h7-8,10,16-17,21-22H,5-6,9,11-13H2,1-4H3/p+1/t16-,17+/m0/s1. The van der Waals surface area contributed by atoms with Crippen LogP contribution in [0.15, 0.2) is 18.2 Å². The zero-order chi connectivity index (χ0) is 17.0. The average molecular weight is 322 g/mol. The van der Waals surface area contributed by atoms with Crippen LogP contribution in [0.1, 0.15) is 44.7 Å². The summed E-state index contributed by atoms with van der Waals surface area (Å²) in [6, 6.07) is 6.26. The van der Waals surface area contributed by atoms with E-state index in [9.17, 15) is 10.2 Å². The fourth-order valence-electron chi connectivity index (χ4n) is 3.17. The Kier molecular flexibility index (Phi) is 6.06. The second-order valence-electron chi connectivity index (χ2n) is 7.90. The van der Waals surface area contributed by atoms with Crippen LogP contribution in [0, 0.1) is 6.92 Å². The van der Waals surface area contributed by atoms with Crippen LogP contribution in [-0.2, 0) is 5.41 Å². The maximum Gasteiger partial charge on any atom is 0.137 e. The number of rotatable bonds is 5. The first-order valence-corrected chi connectivity index (χ1v) is 8.69. The van der Waals surface area contributed by atoms with Crippen molar-refractivity contribution in [3.63, 3.8) is 0 Å². The number of likely N-dealkylation sites (tertiary alicyclic amines) is 1.